The van der Waals surface area contributed by atoms with Crippen LogP contribution in [0.15, 0.2) is 47.5 Å². The monoisotopic (exact) mass is 343 g/mol. The number of rotatable bonds is 6. The first-order valence-corrected chi connectivity index (χ1v) is 8.00. The highest BCUT2D eigenvalue weighted by Crippen LogP contribution is 2.05. The zero-order valence-corrected chi connectivity index (χ0v) is 14.3. The number of amides is 1. The van der Waals surface area contributed by atoms with E-state index in [-0.39, 0.29) is 18.1 Å². The number of hydrogen-bond donors (Lipinski definition) is 3. The molecule has 0 saturated carbocycles. The first-order chi connectivity index (χ1) is 12.1. The molecular formula is C18H22FN5O. The number of benzene rings is 1. The van der Waals surface area contributed by atoms with Gasteiger partial charge < -0.3 is 16.0 Å². The number of carbonyl (C=O) groups is 1. The SMILES string of the molecule is CN=C(NCCC(=O)Nc1cccc(C)n1)NCc1ccccc1F. The van der Waals surface area contributed by atoms with Gasteiger partial charge in [0, 0.05) is 37.8 Å². The Balaban J connectivity index is 1.73. The van der Waals surface area contributed by atoms with Gasteiger partial charge in [0.1, 0.15) is 11.6 Å². The number of guanidine groups is 1. The highest BCUT2D eigenvalue weighted by atomic mass is 19.1. The molecule has 2 rings (SSSR count). The maximum absolute atomic E-state index is 13.6. The minimum Gasteiger partial charge on any atom is -0.356 e. The third kappa shape index (κ3) is 6.21. The van der Waals surface area contributed by atoms with Crippen LogP contribution in [0.3, 0.4) is 0 Å². The number of halogens is 1. The Bertz CT molecular complexity index is 748. The molecule has 25 heavy (non-hydrogen) atoms. The first kappa shape index (κ1) is 18.4. The summed E-state index contributed by atoms with van der Waals surface area (Å²) in [6, 6.07) is 12.0. The molecule has 0 fully saturated rings. The summed E-state index contributed by atoms with van der Waals surface area (Å²) < 4.78 is 13.6. The van der Waals surface area contributed by atoms with Crippen LogP contribution in [0.1, 0.15) is 17.7 Å². The van der Waals surface area contributed by atoms with Gasteiger partial charge in [0.15, 0.2) is 5.96 Å². The second kappa shape index (κ2) is 9.36. The molecule has 1 heterocycles. The average molecular weight is 343 g/mol. The predicted molar refractivity (Wildman–Crippen MR) is 96.8 cm³/mol. The van der Waals surface area contributed by atoms with Gasteiger partial charge >= 0.3 is 0 Å². The molecule has 0 saturated heterocycles. The van der Waals surface area contributed by atoms with Gasteiger partial charge in [-0.1, -0.05) is 24.3 Å². The van der Waals surface area contributed by atoms with Crippen molar-refractivity contribution in [3.8, 4) is 0 Å². The average Bonchev–Trinajstić information content (AvgIpc) is 2.59. The zero-order valence-electron chi connectivity index (χ0n) is 14.3. The largest absolute Gasteiger partial charge is 0.356 e. The topological polar surface area (TPSA) is 78.4 Å². The molecule has 0 aliphatic carbocycles. The standard InChI is InChI=1S/C18H22FN5O/c1-13-6-5-9-16(23-13)24-17(25)10-11-21-18(20-2)22-12-14-7-3-4-8-15(14)19/h3-9H,10-12H2,1-2H3,(H2,20,21,22)(H,23,24,25). The lowest BCUT2D eigenvalue weighted by atomic mass is 10.2. The smallest absolute Gasteiger partial charge is 0.227 e. The fourth-order valence-electron chi connectivity index (χ4n) is 2.15. The van der Waals surface area contributed by atoms with Crippen molar-refractivity contribution < 1.29 is 9.18 Å². The van der Waals surface area contributed by atoms with Gasteiger partial charge in [0.25, 0.3) is 0 Å². The van der Waals surface area contributed by atoms with E-state index in [4.69, 9.17) is 0 Å². The summed E-state index contributed by atoms with van der Waals surface area (Å²) in [5, 5.41) is 8.77. The second-order valence-electron chi connectivity index (χ2n) is 5.41. The molecule has 0 bridgehead atoms. The third-order valence-electron chi connectivity index (χ3n) is 3.43. The van der Waals surface area contributed by atoms with Gasteiger partial charge in [-0.05, 0) is 25.1 Å². The van der Waals surface area contributed by atoms with Crippen LogP contribution in [-0.4, -0.2) is 30.4 Å². The molecule has 0 atom stereocenters. The molecule has 132 valence electrons. The molecule has 6 nitrogen and oxygen atoms in total. The number of nitrogens with zero attached hydrogens (tertiary/aromatic N) is 2. The molecule has 0 aliphatic heterocycles. The molecule has 1 amide bonds. The van der Waals surface area contributed by atoms with Crippen molar-refractivity contribution >= 4 is 17.7 Å². The molecule has 0 aliphatic rings. The maximum Gasteiger partial charge on any atom is 0.227 e. The fraction of sp³-hybridized carbons (Fsp3) is 0.278. The fourth-order valence-corrected chi connectivity index (χ4v) is 2.15. The van der Waals surface area contributed by atoms with Gasteiger partial charge in [0.05, 0.1) is 0 Å². The van der Waals surface area contributed by atoms with Crippen LogP contribution >= 0.6 is 0 Å². The Morgan fingerprint density at radius 1 is 1.16 bits per heavy atom. The lowest BCUT2D eigenvalue weighted by Crippen LogP contribution is -2.38. The Hall–Kier alpha value is -2.96. The molecular weight excluding hydrogens is 321 g/mol. The Kier molecular flexibility index (Phi) is 6.88. The molecule has 1 aromatic carbocycles. The van der Waals surface area contributed by atoms with E-state index in [2.05, 4.69) is 25.9 Å². The van der Waals surface area contributed by atoms with Crippen LogP contribution < -0.4 is 16.0 Å². The number of aromatic nitrogens is 1. The molecule has 1 aromatic heterocycles. The summed E-state index contributed by atoms with van der Waals surface area (Å²) in [6.45, 7) is 2.57. The van der Waals surface area contributed by atoms with Crippen molar-refractivity contribution in [3.05, 3.63) is 59.5 Å². The summed E-state index contributed by atoms with van der Waals surface area (Å²) >= 11 is 0. The van der Waals surface area contributed by atoms with Crippen LogP contribution in [0.25, 0.3) is 0 Å². The summed E-state index contributed by atoms with van der Waals surface area (Å²) in [5.41, 5.74) is 1.39. The normalized spacial score (nSPS) is 11.1. The van der Waals surface area contributed by atoms with Gasteiger partial charge in [-0.2, -0.15) is 0 Å². The van der Waals surface area contributed by atoms with Gasteiger partial charge in [-0.3, -0.25) is 9.79 Å². The van der Waals surface area contributed by atoms with Crippen molar-refractivity contribution in [2.75, 3.05) is 18.9 Å². The van der Waals surface area contributed by atoms with Crippen LogP contribution in [0, 0.1) is 12.7 Å². The summed E-state index contributed by atoms with van der Waals surface area (Å²) in [4.78, 5) is 20.2. The van der Waals surface area contributed by atoms with Crippen LogP contribution in [0.2, 0.25) is 0 Å². The quantitative estimate of drug-likeness (QED) is 0.555. The molecule has 2 aromatic rings. The van der Waals surface area contributed by atoms with Crippen molar-refractivity contribution in [2.24, 2.45) is 4.99 Å². The molecule has 3 N–H and O–H groups in total. The Morgan fingerprint density at radius 2 is 1.96 bits per heavy atom. The van der Waals surface area contributed by atoms with E-state index in [1.165, 1.54) is 6.07 Å². The highest BCUT2D eigenvalue weighted by Gasteiger charge is 2.05. The lowest BCUT2D eigenvalue weighted by Gasteiger charge is -2.12. The van der Waals surface area contributed by atoms with E-state index in [1.54, 1.807) is 31.3 Å². The van der Waals surface area contributed by atoms with E-state index in [0.29, 0.717) is 30.4 Å². The number of carbonyl (C=O) groups excluding carboxylic acids is 1. The summed E-state index contributed by atoms with van der Waals surface area (Å²) in [7, 11) is 1.62. The minimum absolute atomic E-state index is 0.143. The summed E-state index contributed by atoms with van der Waals surface area (Å²) in [6.07, 6.45) is 0.260. The van der Waals surface area contributed by atoms with Crippen molar-refractivity contribution in [2.45, 2.75) is 19.9 Å². The number of nitrogens with one attached hydrogen (secondary N) is 3. The molecule has 0 unspecified atom stereocenters. The number of aliphatic imine (C=N–C) groups is 1. The zero-order chi connectivity index (χ0) is 18.1. The lowest BCUT2D eigenvalue weighted by molar-refractivity contribution is -0.116. The Labute approximate surface area is 146 Å². The summed E-state index contributed by atoms with van der Waals surface area (Å²) in [5.74, 6) is 0.627. The van der Waals surface area contributed by atoms with E-state index in [0.717, 1.165) is 5.69 Å². The Morgan fingerprint density at radius 3 is 2.68 bits per heavy atom. The van der Waals surface area contributed by atoms with Crippen molar-refractivity contribution in [3.63, 3.8) is 0 Å². The van der Waals surface area contributed by atoms with Crippen LogP contribution in [0.5, 0.6) is 0 Å². The number of anilines is 1. The number of aryl methyl sites for hydroxylation is 1. The van der Waals surface area contributed by atoms with Crippen LogP contribution in [-0.2, 0) is 11.3 Å². The van der Waals surface area contributed by atoms with Gasteiger partial charge in [0.2, 0.25) is 5.91 Å². The van der Waals surface area contributed by atoms with E-state index in [9.17, 15) is 9.18 Å². The molecule has 0 spiro atoms. The molecule has 7 heteroatoms. The highest BCUT2D eigenvalue weighted by molar-refractivity contribution is 5.90. The minimum atomic E-state index is -0.268. The number of pyridine rings is 1. The van der Waals surface area contributed by atoms with E-state index in [1.807, 2.05) is 19.1 Å². The van der Waals surface area contributed by atoms with Gasteiger partial charge in [-0.25, -0.2) is 9.37 Å². The van der Waals surface area contributed by atoms with E-state index < -0.39 is 0 Å². The van der Waals surface area contributed by atoms with Crippen molar-refractivity contribution in [1.29, 1.82) is 0 Å². The van der Waals surface area contributed by atoms with E-state index >= 15 is 0 Å². The predicted octanol–water partition coefficient (Wildman–Crippen LogP) is 2.22. The second-order valence-corrected chi connectivity index (χ2v) is 5.41. The van der Waals surface area contributed by atoms with Crippen molar-refractivity contribution in [1.82, 2.24) is 15.6 Å². The third-order valence-corrected chi connectivity index (χ3v) is 3.43. The molecule has 0 radical (unpaired) electrons. The van der Waals surface area contributed by atoms with Gasteiger partial charge in [-0.15, -0.1) is 0 Å². The maximum atomic E-state index is 13.6. The first-order valence-electron chi connectivity index (χ1n) is 8.00. The van der Waals surface area contributed by atoms with Crippen LogP contribution in [0.4, 0.5) is 10.2 Å². The number of hydrogen-bond acceptors (Lipinski definition) is 3.